The van der Waals surface area contributed by atoms with E-state index < -0.39 is 23.4 Å². The highest BCUT2D eigenvalue weighted by molar-refractivity contribution is 5.96. The molecule has 0 radical (unpaired) electrons. The van der Waals surface area contributed by atoms with Crippen LogP contribution in [-0.2, 0) is 10.9 Å². The summed E-state index contributed by atoms with van der Waals surface area (Å²) in [6, 6.07) is 10.6. The first kappa shape index (κ1) is 23.1. The van der Waals surface area contributed by atoms with Crippen LogP contribution in [-0.4, -0.2) is 30.8 Å². The van der Waals surface area contributed by atoms with Gasteiger partial charge in [0.25, 0.3) is 5.91 Å². The largest absolute Gasteiger partial charge is 0.492 e. The van der Waals surface area contributed by atoms with Gasteiger partial charge in [-0.1, -0.05) is 6.07 Å². The number of anilines is 1. The van der Waals surface area contributed by atoms with Crippen LogP contribution in [0.2, 0.25) is 0 Å². The Morgan fingerprint density at radius 1 is 1.00 bits per heavy atom. The summed E-state index contributed by atoms with van der Waals surface area (Å²) in [5.74, 6) is -0.125. The summed E-state index contributed by atoms with van der Waals surface area (Å²) in [6.07, 6.45) is -5.04. The van der Waals surface area contributed by atoms with Crippen LogP contribution < -0.4 is 15.4 Å². The normalized spacial score (nSPS) is 11.5. The van der Waals surface area contributed by atoms with Gasteiger partial charge in [0.15, 0.2) is 0 Å². The van der Waals surface area contributed by atoms with Gasteiger partial charge in [-0.15, -0.1) is 0 Å². The number of nitrogens with one attached hydrogen (secondary N) is 2. The molecule has 0 aliphatic heterocycles. The van der Waals surface area contributed by atoms with Crippen molar-refractivity contribution in [2.75, 3.05) is 18.5 Å². The van der Waals surface area contributed by atoms with E-state index in [2.05, 4.69) is 10.6 Å². The van der Waals surface area contributed by atoms with Gasteiger partial charge in [-0.2, -0.15) is 13.2 Å². The number of alkyl halides is 3. The van der Waals surface area contributed by atoms with Crippen LogP contribution in [0.15, 0.2) is 48.5 Å². The molecule has 0 fully saturated rings. The third-order valence-electron chi connectivity index (χ3n) is 3.61. The molecule has 9 heteroatoms. The lowest BCUT2D eigenvalue weighted by Gasteiger charge is -2.19. The van der Waals surface area contributed by atoms with Crippen molar-refractivity contribution in [3.8, 4) is 5.75 Å². The number of halogens is 3. The molecule has 0 spiro atoms. The quantitative estimate of drug-likeness (QED) is 0.650. The molecule has 0 aliphatic rings. The molecule has 0 saturated heterocycles. The van der Waals surface area contributed by atoms with Gasteiger partial charge in [0.05, 0.1) is 12.1 Å². The predicted octanol–water partition coefficient (Wildman–Crippen LogP) is 4.86. The fourth-order valence-electron chi connectivity index (χ4n) is 2.34. The molecular formula is C21H23F3N2O4. The van der Waals surface area contributed by atoms with Crippen molar-refractivity contribution in [2.24, 2.45) is 0 Å². The zero-order valence-corrected chi connectivity index (χ0v) is 16.8. The maximum atomic E-state index is 12.5. The number of rotatable bonds is 6. The number of hydrogen-bond acceptors (Lipinski definition) is 4. The second-order valence-electron chi connectivity index (χ2n) is 7.33. The molecule has 0 aromatic heterocycles. The summed E-state index contributed by atoms with van der Waals surface area (Å²) in [5.41, 5.74) is -0.689. The van der Waals surface area contributed by atoms with Crippen LogP contribution in [0, 0.1) is 0 Å². The molecule has 2 amide bonds. The summed E-state index contributed by atoms with van der Waals surface area (Å²) in [4.78, 5) is 24.1. The third-order valence-corrected chi connectivity index (χ3v) is 3.61. The lowest BCUT2D eigenvalue weighted by Crippen LogP contribution is -2.29. The lowest BCUT2D eigenvalue weighted by molar-refractivity contribution is -0.137. The fraction of sp³-hybridized carbons (Fsp3) is 0.333. The molecule has 0 unspecified atom stereocenters. The van der Waals surface area contributed by atoms with Crippen molar-refractivity contribution in [3.63, 3.8) is 0 Å². The predicted molar refractivity (Wildman–Crippen MR) is 106 cm³/mol. The average Bonchev–Trinajstić information content (AvgIpc) is 2.63. The van der Waals surface area contributed by atoms with E-state index in [4.69, 9.17) is 9.47 Å². The summed E-state index contributed by atoms with van der Waals surface area (Å²) in [7, 11) is 0. The maximum Gasteiger partial charge on any atom is 0.416 e. The summed E-state index contributed by atoms with van der Waals surface area (Å²) in [6.45, 7) is 5.44. The number of ether oxygens (including phenoxy) is 2. The van der Waals surface area contributed by atoms with Crippen LogP contribution in [0.3, 0.4) is 0 Å². The first-order chi connectivity index (χ1) is 13.9. The van der Waals surface area contributed by atoms with Gasteiger partial charge in [0.2, 0.25) is 0 Å². The number of benzene rings is 2. The number of carbonyl (C=O) groups is 2. The summed E-state index contributed by atoms with van der Waals surface area (Å²) < 4.78 is 48.1. The Morgan fingerprint density at radius 3 is 2.27 bits per heavy atom. The van der Waals surface area contributed by atoms with Gasteiger partial charge in [0.1, 0.15) is 18.0 Å². The topological polar surface area (TPSA) is 76.7 Å². The summed E-state index contributed by atoms with van der Waals surface area (Å²) >= 11 is 0. The fourth-order valence-corrected chi connectivity index (χ4v) is 2.34. The average molecular weight is 424 g/mol. The van der Waals surface area contributed by atoms with Crippen molar-refractivity contribution < 1.29 is 32.2 Å². The van der Waals surface area contributed by atoms with E-state index in [9.17, 15) is 22.8 Å². The Hall–Kier alpha value is -3.23. The molecule has 0 aliphatic carbocycles. The Balaban J connectivity index is 1.81. The first-order valence-corrected chi connectivity index (χ1v) is 9.12. The van der Waals surface area contributed by atoms with E-state index in [1.807, 2.05) is 0 Å². The molecule has 0 bridgehead atoms. The van der Waals surface area contributed by atoms with Crippen molar-refractivity contribution >= 4 is 17.7 Å². The van der Waals surface area contributed by atoms with Crippen molar-refractivity contribution in [1.82, 2.24) is 5.32 Å². The highest BCUT2D eigenvalue weighted by Crippen LogP contribution is 2.30. The van der Waals surface area contributed by atoms with Crippen LogP contribution in [0.5, 0.6) is 5.75 Å². The van der Waals surface area contributed by atoms with E-state index in [0.29, 0.717) is 11.3 Å². The molecule has 2 N–H and O–H groups in total. The maximum absolute atomic E-state index is 12.5. The van der Waals surface area contributed by atoms with Gasteiger partial charge in [-0.05, 0) is 63.2 Å². The minimum absolute atomic E-state index is 0.0763. The van der Waals surface area contributed by atoms with Crippen molar-refractivity contribution in [2.45, 2.75) is 32.5 Å². The Bertz CT molecular complexity index is 875. The van der Waals surface area contributed by atoms with E-state index in [1.165, 1.54) is 18.2 Å². The monoisotopic (exact) mass is 424 g/mol. The Labute approximate surface area is 172 Å². The van der Waals surface area contributed by atoms with Crippen molar-refractivity contribution in [1.29, 1.82) is 0 Å². The van der Waals surface area contributed by atoms with E-state index in [-0.39, 0.29) is 24.8 Å². The smallest absolute Gasteiger partial charge is 0.416 e. The molecule has 0 atom stereocenters. The Kier molecular flexibility index (Phi) is 7.31. The molecule has 2 aromatic carbocycles. The zero-order valence-electron chi connectivity index (χ0n) is 16.8. The van der Waals surface area contributed by atoms with Gasteiger partial charge in [0, 0.05) is 11.3 Å². The number of amides is 2. The second kappa shape index (κ2) is 9.51. The van der Waals surface area contributed by atoms with E-state index >= 15 is 0 Å². The van der Waals surface area contributed by atoms with Gasteiger partial charge < -0.3 is 14.8 Å². The van der Waals surface area contributed by atoms with Gasteiger partial charge in [-0.25, -0.2) is 4.79 Å². The molecule has 2 aromatic rings. The zero-order chi connectivity index (χ0) is 22.4. The highest BCUT2D eigenvalue weighted by Gasteiger charge is 2.30. The molecular weight excluding hydrogens is 401 g/mol. The van der Waals surface area contributed by atoms with Crippen LogP contribution in [0.25, 0.3) is 0 Å². The molecule has 0 heterocycles. The number of carbonyl (C=O) groups excluding carboxylic acids is 2. The minimum Gasteiger partial charge on any atom is -0.492 e. The van der Waals surface area contributed by atoms with E-state index in [0.717, 1.165) is 12.1 Å². The van der Waals surface area contributed by atoms with Crippen molar-refractivity contribution in [3.05, 3.63) is 59.7 Å². The van der Waals surface area contributed by atoms with E-state index in [1.54, 1.807) is 39.0 Å². The third kappa shape index (κ3) is 7.65. The number of hydrogen-bond donors (Lipinski definition) is 2. The summed E-state index contributed by atoms with van der Waals surface area (Å²) in [5, 5.41) is 5.19. The van der Waals surface area contributed by atoms with Crippen LogP contribution in [0.4, 0.5) is 23.7 Å². The Morgan fingerprint density at radius 2 is 1.67 bits per heavy atom. The molecule has 30 heavy (non-hydrogen) atoms. The lowest BCUT2D eigenvalue weighted by atomic mass is 10.2. The molecule has 162 valence electrons. The molecule has 6 nitrogen and oxygen atoms in total. The van der Waals surface area contributed by atoms with Crippen LogP contribution >= 0.6 is 0 Å². The van der Waals surface area contributed by atoms with Gasteiger partial charge in [-0.3, -0.25) is 10.1 Å². The SMILES string of the molecule is CC(C)(C)OC(=O)Nc1cccc(C(=O)NCCOc2ccc(C(F)(F)F)cc2)c1. The highest BCUT2D eigenvalue weighted by atomic mass is 19.4. The second-order valence-corrected chi connectivity index (χ2v) is 7.33. The molecule has 0 saturated carbocycles. The molecule has 2 rings (SSSR count). The van der Waals surface area contributed by atoms with Crippen LogP contribution in [0.1, 0.15) is 36.7 Å². The minimum atomic E-state index is -4.40. The van der Waals surface area contributed by atoms with Gasteiger partial charge >= 0.3 is 12.3 Å². The standard InChI is InChI=1S/C21H23F3N2O4/c1-20(2,3)30-19(28)26-16-6-4-5-14(13-16)18(27)25-11-12-29-17-9-7-15(8-10-17)21(22,23)24/h4-10,13H,11-12H2,1-3H3,(H,25,27)(H,26,28). The first-order valence-electron chi connectivity index (χ1n) is 9.12.